The molecular formula is C11H10N4S. The molecule has 16 heavy (non-hydrogen) atoms. The third-order valence-corrected chi connectivity index (χ3v) is 3.38. The van der Waals surface area contributed by atoms with E-state index >= 15 is 0 Å². The summed E-state index contributed by atoms with van der Waals surface area (Å²) in [5, 5.41) is 12.5. The molecule has 3 aromatic heterocycles. The van der Waals surface area contributed by atoms with Crippen LogP contribution in [0.2, 0.25) is 0 Å². The Morgan fingerprint density at radius 3 is 2.88 bits per heavy atom. The molecule has 0 fully saturated rings. The summed E-state index contributed by atoms with van der Waals surface area (Å²) in [4.78, 5) is 0. The van der Waals surface area contributed by atoms with Gasteiger partial charge in [0, 0.05) is 22.8 Å². The average molecular weight is 230 g/mol. The average Bonchev–Trinajstić information content (AvgIpc) is 2.83. The van der Waals surface area contributed by atoms with E-state index < -0.39 is 0 Å². The van der Waals surface area contributed by atoms with E-state index in [9.17, 15) is 0 Å². The number of hydrogen-bond acceptors (Lipinski definition) is 4. The normalized spacial score (nSPS) is 11.1. The second-order valence-electron chi connectivity index (χ2n) is 3.68. The van der Waals surface area contributed by atoms with E-state index in [4.69, 9.17) is 5.73 Å². The van der Waals surface area contributed by atoms with Gasteiger partial charge in [0.2, 0.25) is 0 Å². The Morgan fingerprint density at radius 2 is 2.12 bits per heavy atom. The highest BCUT2D eigenvalue weighted by atomic mass is 32.1. The van der Waals surface area contributed by atoms with E-state index in [0.717, 1.165) is 17.0 Å². The zero-order valence-electron chi connectivity index (χ0n) is 8.71. The van der Waals surface area contributed by atoms with Gasteiger partial charge in [-0.25, -0.2) is 0 Å². The highest BCUT2D eigenvalue weighted by molar-refractivity contribution is 7.08. The molecule has 0 saturated heterocycles. The Labute approximate surface area is 96.4 Å². The number of anilines is 1. The molecule has 0 aromatic carbocycles. The van der Waals surface area contributed by atoms with Gasteiger partial charge in [-0.2, -0.15) is 11.3 Å². The van der Waals surface area contributed by atoms with Gasteiger partial charge in [0.25, 0.3) is 0 Å². The fourth-order valence-corrected chi connectivity index (χ4v) is 2.51. The minimum atomic E-state index is 0.710. The summed E-state index contributed by atoms with van der Waals surface area (Å²) in [6.07, 6.45) is 1.85. The number of nitrogens with two attached hydrogens (primary N) is 1. The fourth-order valence-electron chi connectivity index (χ4n) is 1.68. The minimum absolute atomic E-state index is 0.710. The van der Waals surface area contributed by atoms with Crippen LogP contribution in [-0.2, 0) is 0 Å². The van der Waals surface area contributed by atoms with Gasteiger partial charge in [-0.05, 0) is 30.0 Å². The molecular weight excluding hydrogens is 220 g/mol. The maximum Gasteiger partial charge on any atom is 0.169 e. The number of nitrogens with zero attached hydrogens (tertiary/aromatic N) is 3. The molecule has 0 aliphatic rings. The molecule has 0 unspecified atom stereocenters. The Bertz CT molecular complexity index is 653. The van der Waals surface area contributed by atoms with Gasteiger partial charge in [0.05, 0.1) is 0 Å². The summed E-state index contributed by atoms with van der Waals surface area (Å²) >= 11 is 1.66. The van der Waals surface area contributed by atoms with E-state index in [1.165, 1.54) is 5.56 Å². The summed E-state index contributed by atoms with van der Waals surface area (Å²) in [7, 11) is 0. The summed E-state index contributed by atoms with van der Waals surface area (Å²) in [6, 6.07) is 3.70. The third kappa shape index (κ3) is 1.29. The largest absolute Gasteiger partial charge is 0.398 e. The molecule has 0 bridgehead atoms. The summed E-state index contributed by atoms with van der Waals surface area (Å²) in [5.74, 6) is 0.848. The fraction of sp³-hybridized carbons (Fsp3) is 0.0909. The summed E-state index contributed by atoms with van der Waals surface area (Å²) in [5.41, 5.74) is 9.62. The number of fused-ring (bicyclic) bond motifs is 1. The Morgan fingerprint density at radius 1 is 1.25 bits per heavy atom. The molecule has 0 aliphatic carbocycles. The molecule has 5 heteroatoms. The van der Waals surface area contributed by atoms with Crippen molar-refractivity contribution < 1.29 is 0 Å². The van der Waals surface area contributed by atoms with Gasteiger partial charge in [0.15, 0.2) is 11.5 Å². The van der Waals surface area contributed by atoms with Crippen LogP contribution in [0.5, 0.6) is 0 Å². The van der Waals surface area contributed by atoms with Crippen LogP contribution < -0.4 is 5.73 Å². The summed E-state index contributed by atoms with van der Waals surface area (Å²) in [6.45, 7) is 2.07. The smallest absolute Gasteiger partial charge is 0.169 e. The molecule has 3 rings (SSSR count). The lowest BCUT2D eigenvalue weighted by atomic mass is 10.2. The van der Waals surface area contributed by atoms with Crippen molar-refractivity contribution in [1.29, 1.82) is 0 Å². The Hall–Kier alpha value is -1.88. The summed E-state index contributed by atoms with van der Waals surface area (Å²) < 4.78 is 1.92. The molecule has 80 valence electrons. The molecule has 0 radical (unpaired) electrons. The number of thiophene rings is 1. The van der Waals surface area contributed by atoms with Crippen LogP contribution in [0.15, 0.2) is 29.1 Å². The topological polar surface area (TPSA) is 56.2 Å². The molecule has 0 saturated carbocycles. The van der Waals surface area contributed by atoms with Crippen LogP contribution in [0.1, 0.15) is 5.56 Å². The maximum atomic E-state index is 5.77. The number of pyridine rings is 1. The van der Waals surface area contributed by atoms with Crippen molar-refractivity contribution in [1.82, 2.24) is 14.6 Å². The molecule has 2 N–H and O–H groups in total. The van der Waals surface area contributed by atoms with Gasteiger partial charge >= 0.3 is 0 Å². The lowest BCUT2D eigenvalue weighted by Gasteiger charge is -1.99. The minimum Gasteiger partial charge on any atom is -0.398 e. The molecule has 0 amide bonds. The predicted molar refractivity (Wildman–Crippen MR) is 65.4 cm³/mol. The quantitative estimate of drug-likeness (QED) is 0.698. The van der Waals surface area contributed by atoms with Crippen molar-refractivity contribution in [3.05, 3.63) is 34.7 Å². The Kier molecular flexibility index (Phi) is 1.94. The van der Waals surface area contributed by atoms with Crippen LogP contribution in [0.3, 0.4) is 0 Å². The van der Waals surface area contributed by atoms with Gasteiger partial charge in [0.1, 0.15) is 0 Å². The van der Waals surface area contributed by atoms with E-state index in [-0.39, 0.29) is 0 Å². The van der Waals surface area contributed by atoms with Gasteiger partial charge in [-0.3, -0.25) is 4.40 Å². The molecule has 3 heterocycles. The van der Waals surface area contributed by atoms with Gasteiger partial charge < -0.3 is 5.73 Å². The van der Waals surface area contributed by atoms with Crippen LogP contribution in [0.4, 0.5) is 5.69 Å². The van der Waals surface area contributed by atoms with Crippen molar-refractivity contribution in [2.75, 3.05) is 5.73 Å². The van der Waals surface area contributed by atoms with E-state index in [0.29, 0.717) is 5.69 Å². The molecule has 0 aliphatic heterocycles. The van der Waals surface area contributed by atoms with E-state index in [1.54, 1.807) is 11.3 Å². The number of rotatable bonds is 1. The van der Waals surface area contributed by atoms with Crippen molar-refractivity contribution in [3.8, 4) is 11.4 Å². The van der Waals surface area contributed by atoms with Crippen LogP contribution in [-0.4, -0.2) is 14.6 Å². The van der Waals surface area contributed by atoms with Crippen LogP contribution >= 0.6 is 11.3 Å². The first-order valence-corrected chi connectivity index (χ1v) is 5.83. The number of nitrogen functional groups attached to an aromatic ring is 1. The van der Waals surface area contributed by atoms with Crippen molar-refractivity contribution >= 4 is 22.7 Å². The number of aryl methyl sites for hydroxylation is 1. The molecule has 0 atom stereocenters. The van der Waals surface area contributed by atoms with Crippen molar-refractivity contribution in [2.45, 2.75) is 6.92 Å². The maximum absolute atomic E-state index is 5.77. The SMILES string of the molecule is Cc1cscc1-c1nnc2ccc(N)cn12. The first-order chi connectivity index (χ1) is 7.75. The highest BCUT2D eigenvalue weighted by Gasteiger charge is 2.10. The molecule has 4 nitrogen and oxygen atoms in total. The number of hydrogen-bond donors (Lipinski definition) is 1. The predicted octanol–water partition coefficient (Wildman–Crippen LogP) is 2.35. The second-order valence-corrected chi connectivity index (χ2v) is 4.43. The number of aromatic nitrogens is 3. The second kappa shape index (κ2) is 3.31. The third-order valence-electron chi connectivity index (χ3n) is 2.52. The first kappa shape index (κ1) is 9.35. The zero-order chi connectivity index (χ0) is 11.1. The van der Waals surface area contributed by atoms with E-state index in [2.05, 4.69) is 27.9 Å². The van der Waals surface area contributed by atoms with Gasteiger partial charge in [-0.15, -0.1) is 10.2 Å². The van der Waals surface area contributed by atoms with Crippen LogP contribution in [0, 0.1) is 6.92 Å². The first-order valence-electron chi connectivity index (χ1n) is 4.89. The van der Waals surface area contributed by atoms with Crippen molar-refractivity contribution in [3.63, 3.8) is 0 Å². The standard InChI is InChI=1S/C11H10N4S/c1-7-5-16-6-9(7)11-14-13-10-3-2-8(12)4-15(10)11/h2-6H,12H2,1H3. The molecule has 3 aromatic rings. The van der Waals surface area contributed by atoms with Crippen molar-refractivity contribution in [2.24, 2.45) is 0 Å². The lowest BCUT2D eigenvalue weighted by Crippen LogP contribution is -1.92. The van der Waals surface area contributed by atoms with E-state index in [1.807, 2.05) is 22.7 Å². The Balaban J connectivity index is 2.32. The zero-order valence-corrected chi connectivity index (χ0v) is 9.53. The highest BCUT2D eigenvalue weighted by Crippen LogP contribution is 2.25. The van der Waals surface area contributed by atoms with Gasteiger partial charge in [-0.1, -0.05) is 0 Å². The van der Waals surface area contributed by atoms with Crippen LogP contribution in [0.25, 0.3) is 17.0 Å². The monoisotopic (exact) mass is 230 g/mol. The molecule has 0 spiro atoms. The lowest BCUT2D eigenvalue weighted by molar-refractivity contribution is 1.11.